The molecular weight excluding hydrogens is 356 g/mol. The molecule has 0 heterocycles. The van der Waals surface area contributed by atoms with Crippen molar-refractivity contribution in [1.82, 2.24) is 5.32 Å². The van der Waals surface area contributed by atoms with Crippen LogP contribution in [-0.2, 0) is 4.74 Å². The number of nitrogens with one attached hydrogen (secondary N) is 2. The summed E-state index contributed by atoms with van der Waals surface area (Å²) in [5, 5.41) is 6.97. The quantitative estimate of drug-likeness (QED) is 0.813. The monoisotopic (exact) mass is 374 g/mol. The lowest BCUT2D eigenvalue weighted by atomic mass is 9.86. The number of halogens is 2. The normalized spacial score (nSPS) is 21.4. The van der Waals surface area contributed by atoms with E-state index >= 15 is 0 Å². The van der Waals surface area contributed by atoms with Gasteiger partial charge in [-0.05, 0) is 51.8 Å². The van der Waals surface area contributed by atoms with Crippen molar-refractivity contribution in [2.24, 2.45) is 0 Å². The lowest BCUT2D eigenvalue weighted by Crippen LogP contribution is -2.50. The molecule has 0 aromatic heterocycles. The summed E-state index contributed by atoms with van der Waals surface area (Å²) in [6.45, 7) is 5.57. The van der Waals surface area contributed by atoms with E-state index in [9.17, 15) is 4.79 Å². The van der Waals surface area contributed by atoms with Gasteiger partial charge in [0.15, 0.2) is 0 Å². The van der Waals surface area contributed by atoms with E-state index in [-0.39, 0.29) is 12.1 Å². The Morgan fingerprint density at radius 3 is 2.52 bits per heavy atom. The number of carbonyl (C=O) groups excluding carboxylic acids is 1. The highest BCUT2D eigenvalue weighted by Gasteiger charge is 2.31. The lowest BCUT2D eigenvalue weighted by molar-refractivity contribution is 0.0475. The number of hydrogen-bond donors (Lipinski definition) is 2. The lowest BCUT2D eigenvalue weighted by Gasteiger charge is -2.37. The van der Waals surface area contributed by atoms with Crippen molar-refractivity contribution in [2.45, 2.75) is 51.3 Å². The molecule has 0 unspecified atom stereocenters. The van der Waals surface area contributed by atoms with Crippen molar-refractivity contribution in [3.8, 4) is 0 Å². The van der Waals surface area contributed by atoms with Crippen LogP contribution in [0.15, 0.2) is 22.7 Å². The molecule has 6 heteroatoms. The fourth-order valence-corrected chi connectivity index (χ4v) is 3.06. The second-order valence-electron chi connectivity index (χ2n) is 6.31. The third-order valence-corrected chi connectivity index (χ3v) is 3.77. The smallest absolute Gasteiger partial charge is 0.407 e. The van der Waals surface area contributed by atoms with E-state index in [1.165, 1.54) is 0 Å². The molecule has 0 spiro atoms. The Morgan fingerprint density at radius 2 is 1.95 bits per heavy atom. The Labute approximate surface area is 138 Å². The topological polar surface area (TPSA) is 50.4 Å². The van der Waals surface area contributed by atoms with Gasteiger partial charge < -0.3 is 15.4 Å². The van der Waals surface area contributed by atoms with Gasteiger partial charge in [0.1, 0.15) is 5.60 Å². The Bertz CT molecular complexity index is 505. The first kappa shape index (κ1) is 16.4. The maximum absolute atomic E-state index is 11.6. The van der Waals surface area contributed by atoms with Crippen LogP contribution in [-0.4, -0.2) is 23.8 Å². The summed E-state index contributed by atoms with van der Waals surface area (Å²) in [7, 11) is 0. The number of anilines is 1. The van der Waals surface area contributed by atoms with Crippen LogP contribution in [0.4, 0.5) is 10.5 Å². The first-order valence-corrected chi connectivity index (χ1v) is 8.10. The number of amides is 1. The van der Waals surface area contributed by atoms with Crippen LogP contribution in [0.25, 0.3) is 0 Å². The summed E-state index contributed by atoms with van der Waals surface area (Å²) in [6.07, 6.45) is 1.41. The first-order valence-electron chi connectivity index (χ1n) is 6.93. The van der Waals surface area contributed by atoms with Crippen LogP contribution < -0.4 is 10.6 Å². The van der Waals surface area contributed by atoms with Gasteiger partial charge >= 0.3 is 6.09 Å². The standard InChI is InChI=1S/C15H20BrClN2O2/c1-15(2,3)21-14(20)19-13-7-12(8-13)18-11-5-9(16)4-10(17)6-11/h4-6,12-13,18H,7-8H2,1-3H3,(H,19,20). The molecular formula is C15H20BrClN2O2. The van der Waals surface area contributed by atoms with Gasteiger partial charge in [-0.25, -0.2) is 4.79 Å². The summed E-state index contributed by atoms with van der Waals surface area (Å²) in [5.74, 6) is 0. The van der Waals surface area contributed by atoms with Crippen molar-refractivity contribution in [1.29, 1.82) is 0 Å². The molecule has 116 valence electrons. The van der Waals surface area contributed by atoms with Crippen LogP contribution >= 0.6 is 27.5 Å². The zero-order valence-corrected chi connectivity index (χ0v) is 14.7. The summed E-state index contributed by atoms with van der Waals surface area (Å²) in [5.41, 5.74) is 0.522. The maximum Gasteiger partial charge on any atom is 0.407 e. The van der Waals surface area contributed by atoms with Crippen molar-refractivity contribution in [2.75, 3.05) is 5.32 Å². The van der Waals surface area contributed by atoms with Crippen molar-refractivity contribution >= 4 is 39.3 Å². The Hall–Kier alpha value is -0.940. The van der Waals surface area contributed by atoms with Crippen LogP contribution in [0, 0.1) is 0 Å². The summed E-state index contributed by atoms with van der Waals surface area (Å²) >= 11 is 9.43. The van der Waals surface area contributed by atoms with E-state index in [1.807, 2.05) is 39.0 Å². The second-order valence-corrected chi connectivity index (χ2v) is 7.67. The summed E-state index contributed by atoms with van der Waals surface area (Å²) in [6, 6.07) is 6.23. The van der Waals surface area contributed by atoms with E-state index in [0.717, 1.165) is 23.0 Å². The molecule has 2 rings (SSSR count). The van der Waals surface area contributed by atoms with Crippen molar-refractivity contribution in [3.63, 3.8) is 0 Å². The third-order valence-electron chi connectivity index (χ3n) is 3.09. The van der Waals surface area contributed by atoms with Crippen LogP contribution in [0.1, 0.15) is 33.6 Å². The molecule has 0 atom stereocenters. The number of carbonyl (C=O) groups is 1. The third kappa shape index (κ3) is 5.40. The minimum atomic E-state index is -0.460. The van der Waals surface area contributed by atoms with E-state index in [2.05, 4.69) is 26.6 Å². The molecule has 0 radical (unpaired) electrons. The largest absolute Gasteiger partial charge is 0.444 e. The van der Waals surface area contributed by atoms with E-state index in [4.69, 9.17) is 16.3 Å². The number of benzene rings is 1. The summed E-state index contributed by atoms with van der Waals surface area (Å²) < 4.78 is 6.18. The molecule has 2 N–H and O–H groups in total. The highest BCUT2D eigenvalue weighted by molar-refractivity contribution is 9.10. The van der Waals surface area contributed by atoms with Crippen LogP contribution in [0.5, 0.6) is 0 Å². The molecule has 1 fully saturated rings. The second kappa shape index (κ2) is 6.44. The Morgan fingerprint density at radius 1 is 1.29 bits per heavy atom. The molecule has 1 aromatic carbocycles. The molecule has 0 saturated heterocycles. The minimum absolute atomic E-state index is 0.167. The van der Waals surface area contributed by atoms with Crippen LogP contribution in [0.3, 0.4) is 0 Å². The van der Waals surface area contributed by atoms with E-state index in [0.29, 0.717) is 11.1 Å². The van der Waals surface area contributed by atoms with Gasteiger partial charge in [-0.2, -0.15) is 0 Å². The average Bonchev–Trinajstić information content (AvgIpc) is 2.21. The van der Waals surface area contributed by atoms with Gasteiger partial charge in [-0.1, -0.05) is 27.5 Å². The molecule has 4 nitrogen and oxygen atoms in total. The number of alkyl carbamates (subject to hydrolysis) is 1. The Kier molecular flexibility index (Phi) is 5.04. The van der Waals surface area contributed by atoms with Crippen LogP contribution in [0.2, 0.25) is 5.02 Å². The zero-order chi connectivity index (χ0) is 15.6. The molecule has 1 aliphatic carbocycles. The first-order chi connectivity index (χ1) is 9.71. The van der Waals surface area contributed by atoms with Gasteiger partial charge in [0.25, 0.3) is 0 Å². The zero-order valence-electron chi connectivity index (χ0n) is 12.4. The Balaban J connectivity index is 1.75. The average molecular weight is 376 g/mol. The molecule has 21 heavy (non-hydrogen) atoms. The fourth-order valence-electron chi connectivity index (χ4n) is 2.20. The predicted octanol–water partition coefficient (Wildman–Crippen LogP) is 4.57. The number of rotatable bonds is 3. The van der Waals surface area contributed by atoms with Gasteiger partial charge in [-0.3, -0.25) is 0 Å². The number of hydrogen-bond acceptors (Lipinski definition) is 3. The molecule has 1 aliphatic rings. The number of ether oxygens (including phenoxy) is 1. The van der Waals surface area contributed by atoms with Crippen molar-refractivity contribution in [3.05, 3.63) is 27.7 Å². The predicted molar refractivity (Wildman–Crippen MR) is 89.0 cm³/mol. The molecule has 0 aliphatic heterocycles. The highest BCUT2D eigenvalue weighted by Crippen LogP contribution is 2.28. The SMILES string of the molecule is CC(C)(C)OC(=O)NC1CC(Nc2cc(Cl)cc(Br)c2)C1. The van der Waals surface area contributed by atoms with Gasteiger partial charge in [0, 0.05) is 27.3 Å². The van der Waals surface area contributed by atoms with Gasteiger partial charge in [-0.15, -0.1) is 0 Å². The van der Waals surface area contributed by atoms with Gasteiger partial charge in [0.05, 0.1) is 0 Å². The molecule has 1 amide bonds. The fraction of sp³-hybridized carbons (Fsp3) is 0.533. The molecule has 1 aromatic rings. The summed E-state index contributed by atoms with van der Waals surface area (Å²) in [4.78, 5) is 11.6. The highest BCUT2D eigenvalue weighted by atomic mass is 79.9. The molecule has 1 saturated carbocycles. The maximum atomic E-state index is 11.6. The van der Waals surface area contributed by atoms with Gasteiger partial charge in [0.2, 0.25) is 0 Å². The molecule has 0 bridgehead atoms. The minimum Gasteiger partial charge on any atom is -0.444 e. The van der Waals surface area contributed by atoms with E-state index in [1.54, 1.807) is 0 Å². The van der Waals surface area contributed by atoms with Crippen molar-refractivity contribution < 1.29 is 9.53 Å². The van der Waals surface area contributed by atoms with E-state index < -0.39 is 5.60 Å².